The molecule has 0 atom stereocenters. The standard InChI is InChI=1S/C15H20BrClN2O4/c1-2-7-15(22,23)14-18-12(17)11(13(20)21)19(14)8-9-3-5-10(16)6-4-9/h3,5,13,20-23H,2,4,6-8H2,1H3. The van der Waals surface area contributed by atoms with Gasteiger partial charge in [-0.15, -0.1) is 0 Å². The van der Waals surface area contributed by atoms with Gasteiger partial charge in [-0.1, -0.05) is 58.6 Å². The van der Waals surface area contributed by atoms with Crippen molar-refractivity contribution in [2.75, 3.05) is 0 Å². The van der Waals surface area contributed by atoms with Gasteiger partial charge in [0, 0.05) is 13.0 Å². The summed E-state index contributed by atoms with van der Waals surface area (Å²) < 4.78 is 2.46. The molecule has 0 amide bonds. The molecule has 0 aliphatic heterocycles. The third kappa shape index (κ3) is 4.23. The lowest BCUT2D eigenvalue weighted by molar-refractivity contribution is -0.183. The first kappa shape index (κ1) is 18.6. The van der Waals surface area contributed by atoms with Crippen LogP contribution in [0.4, 0.5) is 0 Å². The van der Waals surface area contributed by atoms with E-state index in [0.717, 1.165) is 22.9 Å². The van der Waals surface area contributed by atoms with Crippen molar-refractivity contribution in [3.8, 4) is 0 Å². The lowest BCUT2D eigenvalue weighted by Crippen LogP contribution is -2.30. The van der Waals surface area contributed by atoms with E-state index in [1.807, 2.05) is 19.1 Å². The van der Waals surface area contributed by atoms with Crippen LogP contribution in [-0.4, -0.2) is 30.0 Å². The molecule has 0 aromatic carbocycles. The van der Waals surface area contributed by atoms with Crippen molar-refractivity contribution < 1.29 is 20.4 Å². The van der Waals surface area contributed by atoms with Crippen LogP contribution in [0.15, 0.2) is 22.2 Å². The van der Waals surface area contributed by atoms with Crippen LogP contribution in [0.5, 0.6) is 0 Å². The van der Waals surface area contributed by atoms with Crippen molar-refractivity contribution in [2.24, 2.45) is 0 Å². The van der Waals surface area contributed by atoms with E-state index in [-0.39, 0.29) is 29.6 Å². The van der Waals surface area contributed by atoms with Crippen LogP contribution in [0.2, 0.25) is 5.15 Å². The van der Waals surface area contributed by atoms with Crippen LogP contribution >= 0.6 is 27.5 Å². The summed E-state index contributed by atoms with van der Waals surface area (Å²) in [5.74, 6) is -2.26. The highest BCUT2D eigenvalue weighted by molar-refractivity contribution is 9.11. The lowest BCUT2D eigenvalue weighted by atomic mass is 10.0. The van der Waals surface area contributed by atoms with Gasteiger partial charge in [-0.2, -0.15) is 0 Å². The Bertz CT molecular complexity index is 638. The summed E-state index contributed by atoms with van der Waals surface area (Å²) in [6, 6.07) is 0. The largest absolute Gasteiger partial charge is 0.363 e. The molecule has 0 bridgehead atoms. The summed E-state index contributed by atoms with van der Waals surface area (Å²) in [6.45, 7) is 2.06. The Kier molecular flexibility index (Phi) is 6.05. The Morgan fingerprint density at radius 1 is 1.35 bits per heavy atom. The molecule has 23 heavy (non-hydrogen) atoms. The number of hydrogen-bond donors (Lipinski definition) is 4. The van der Waals surface area contributed by atoms with Gasteiger partial charge < -0.3 is 25.0 Å². The van der Waals surface area contributed by atoms with Gasteiger partial charge in [-0.05, 0) is 17.3 Å². The molecule has 0 spiro atoms. The summed E-state index contributed by atoms with van der Waals surface area (Å²) in [5.41, 5.74) is 0.956. The molecule has 1 aromatic rings. The van der Waals surface area contributed by atoms with Gasteiger partial charge in [0.05, 0.1) is 0 Å². The highest BCUT2D eigenvalue weighted by Gasteiger charge is 2.34. The summed E-state index contributed by atoms with van der Waals surface area (Å²) in [7, 11) is 0. The van der Waals surface area contributed by atoms with Gasteiger partial charge in [0.15, 0.2) is 17.3 Å². The monoisotopic (exact) mass is 406 g/mol. The van der Waals surface area contributed by atoms with E-state index < -0.39 is 12.1 Å². The molecule has 4 N–H and O–H groups in total. The fourth-order valence-electron chi connectivity index (χ4n) is 2.60. The summed E-state index contributed by atoms with van der Waals surface area (Å²) in [4.78, 5) is 3.96. The zero-order valence-corrected chi connectivity index (χ0v) is 15.0. The Labute approximate surface area is 147 Å². The molecule has 6 nitrogen and oxygen atoms in total. The van der Waals surface area contributed by atoms with Crippen molar-refractivity contribution in [1.82, 2.24) is 9.55 Å². The van der Waals surface area contributed by atoms with Crippen molar-refractivity contribution in [2.45, 2.75) is 51.2 Å². The van der Waals surface area contributed by atoms with Crippen LogP contribution < -0.4 is 0 Å². The predicted octanol–water partition coefficient (Wildman–Crippen LogP) is 2.46. The third-order valence-electron chi connectivity index (χ3n) is 3.71. The van der Waals surface area contributed by atoms with Gasteiger partial charge in [0.2, 0.25) is 5.79 Å². The number of hydrogen-bond acceptors (Lipinski definition) is 5. The second kappa shape index (κ2) is 7.46. The van der Waals surface area contributed by atoms with E-state index >= 15 is 0 Å². The van der Waals surface area contributed by atoms with E-state index in [4.69, 9.17) is 11.6 Å². The molecule has 1 aromatic heterocycles. The van der Waals surface area contributed by atoms with Gasteiger partial charge >= 0.3 is 0 Å². The number of rotatable bonds is 6. The van der Waals surface area contributed by atoms with Gasteiger partial charge in [0.25, 0.3) is 0 Å². The van der Waals surface area contributed by atoms with Crippen molar-refractivity contribution >= 4 is 27.5 Å². The van der Waals surface area contributed by atoms with E-state index in [9.17, 15) is 20.4 Å². The number of aromatic nitrogens is 2. The van der Waals surface area contributed by atoms with Crippen LogP contribution in [0.25, 0.3) is 0 Å². The number of allylic oxidation sites excluding steroid dienone is 4. The molecule has 8 heteroatoms. The van der Waals surface area contributed by atoms with Gasteiger partial charge in [0.1, 0.15) is 5.69 Å². The molecule has 0 fully saturated rings. The first-order valence-corrected chi connectivity index (χ1v) is 8.54. The van der Waals surface area contributed by atoms with Crippen LogP contribution in [0.1, 0.15) is 50.4 Å². The minimum Gasteiger partial charge on any atom is -0.363 e. The minimum absolute atomic E-state index is 0.0419. The van der Waals surface area contributed by atoms with Gasteiger partial charge in [-0.25, -0.2) is 4.98 Å². The smallest absolute Gasteiger partial charge is 0.223 e. The van der Waals surface area contributed by atoms with E-state index in [1.165, 1.54) is 4.57 Å². The Hall–Kier alpha value is -0.700. The summed E-state index contributed by atoms with van der Waals surface area (Å²) in [6.07, 6.45) is 4.16. The molecule has 0 radical (unpaired) electrons. The molecule has 1 aliphatic carbocycles. The Balaban J connectivity index is 2.46. The van der Waals surface area contributed by atoms with Crippen molar-refractivity contribution in [1.29, 1.82) is 0 Å². The topological polar surface area (TPSA) is 98.7 Å². The molecule has 0 saturated carbocycles. The van der Waals surface area contributed by atoms with Gasteiger partial charge in [-0.3, -0.25) is 0 Å². The van der Waals surface area contributed by atoms with Crippen molar-refractivity contribution in [3.63, 3.8) is 0 Å². The average Bonchev–Trinajstić information content (AvgIpc) is 2.79. The zero-order valence-electron chi connectivity index (χ0n) is 12.7. The molecular weight excluding hydrogens is 388 g/mol. The molecular formula is C15H20BrClN2O4. The SMILES string of the molecule is CCCC(O)(O)c1nc(Cl)c(C(O)O)n1CC1=CC=C(Br)CC1. The molecule has 1 aliphatic rings. The maximum absolute atomic E-state index is 10.3. The Morgan fingerprint density at radius 3 is 2.57 bits per heavy atom. The molecule has 128 valence electrons. The molecule has 1 heterocycles. The molecule has 2 rings (SSSR count). The van der Waals surface area contributed by atoms with Crippen LogP contribution in [0.3, 0.4) is 0 Å². The zero-order chi connectivity index (χ0) is 17.2. The van der Waals surface area contributed by atoms with Crippen molar-refractivity contribution in [3.05, 3.63) is 38.9 Å². The number of aliphatic hydroxyl groups is 4. The third-order valence-corrected chi connectivity index (χ3v) is 4.65. The highest BCUT2D eigenvalue weighted by atomic mass is 79.9. The fraction of sp³-hybridized carbons (Fsp3) is 0.533. The second-order valence-corrected chi connectivity index (χ2v) is 6.95. The molecule has 0 saturated heterocycles. The second-order valence-electron chi connectivity index (χ2n) is 5.58. The number of halogens is 2. The Morgan fingerprint density at radius 2 is 2.04 bits per heavy atom. The molecule has 0 unspecified atom stereocenters. The quantitative estimate of drug-likeness (QED) is 0.543. The fourth-order valence-corrected chi connectivity index (χ4v) is 3.21. The maximum Gasteiger partial charge on any atom is 0.223 e. The lowest BCUT2D eigenvalue weighted by Gasteiger charge is -2.24. The van der Waals surface area contributed by atoms with E-state index in [0.29, 0.717) is 6.42 Å². The number of nitrogens with zero attached hydrogens (tertiary/aromatic N) is 2. The first-order chi connectivity index (χ1) is 10.8. The summed E-state index contributed by atoms with van der Waals surface area (Å²) >= 11 is 9.41. The number of aliphatic hydroxyl groups excluding tert-OH is 1. The average molecular weight is 408 g/mol. The number of imidazole rings is 1. The van der Waals surface area contributed by atoms with Crippen LogP contribution in [-0.2, 0) is 12.3 Å². The van der Waals surface area contributed by atoms with E-state index in [2.05, 4.69) is 20.9 Å². The van der Waals surface area contributed by atoms with Crippen LogP contribution in [0, 0.1) is 0 Å². The van der Waals surface area contributed by atoms with E-state index in [1.54, 1.807) is 0 Å². The summed E-state index contributed by atoms with van der Waals surface area (Å²) in [5, 5.41) is 39.5. The minimum atomic E-state index is -2.18. The highest BCUT2D eigenvalue weighted by Crippen LogP contribution is 2.32. The normalized spacial score (nSPS) is 15.8. The predicted molar refractivity (Wildman–Crippen MR) is 89.8 cm³/mol. The maximum atomic E-state index is 10.3. The first-order valence-electron chi connectivity index (χ1n) is 7.37.